The molecule has 2 aromatic carbocycles. The Kier molecular flexibility index (Phi) is 4.76. The summed E-state index contributed by atoms with van der Waals surface area (Å²) in [5, 5.41) is 3.13. The first-order valence-corrected chi connectivity index (χ1v) is 6.99. The largest absolute Gasteiger partial charge is 0.345 e. The third-order valence-corrected chi connectivity index (χ3v) is 3.56. The average molecular weight is 302 g/mol. The molecule has 0 heterocycles. The molecule has 0 saturated heterocycles. The van der Waals surface area contributed by atoms with Crippen LogP contribution in [0, 0.1) is 13.8 Å². The molecule has 1 amide bonds. The highest BCUT2D eigenvalue weighted by molar-refractivity contribution is 6.31. The fourth-order valence-corrected chi connectivity index (χ4v) is 2.10. The molecule has 4 heteroatoms. The second kappa shape index (κ2) is 6.55. The van der Waals surface area contributed by atoms with Crippen LogP contribution in [0.3, 0.4) is 0 Å². The summed E-state index contributed by atoms with van der Waals surface area (Å²) < 4.78 is 0. The fourth-order valence-electron chi connectivity index (χ4n) is 1.91. The molecule has 0 aliphatic heterocycles. The van der Waals surface area contributed by atoms with Gasteiger partial charge >= 0.3 is 0 Å². The van der Waals surface area contributed by atoms with Gasteiger partial charge < -0.3 is 5.32 Å². The van der Waals surface area contributed by atoms with E-state index in [9.17, 15) is 9.59 Å². The van der Waals surface area contributed by atoms with E-state index >= 15 is 0 Å². The van der Waals surface area contributed by atoms with Gasteiger partial charge in [0, 0.05) is 16.1 Å². The summed E-state index contributed by atoms with van der Waals surface area (Å²) in [6.07, 6.45) is 0. The summed E-state index contributed by atoms with van der Waals surface area (Å²) in [4.78, 5) is 24.0. The fraction of sp³-hybridized carbons (Fsp3) is 0.176. The number of hydrogen-bond acceptors (Lipinski definition) is 2. The number of carbonyl (C=O) groups excluding carboxylic acids is 2. The van der Waals surface area contributed by atoms with Gasteiger partial charge in [-0.3, -0.25) is 9.59 Å². The lowest BCUT2D eigenvalue weighted by atomic mass is 10.1. The second-order valence-electron chi connectivity index (χ2n) is 4.92. The lowest BCUT2D eigenvalue weighted by Gasteiger charge is -2.07. The van der Waals surface area contributed by atoms with E-state index in [1.54, 1.807) is 30.3 Å². The topological polar surface area (TPSA) is 46.2 Å². The zero-order chi connectivity index (χ0) is 15.4. The van der Waals surface area contributed by atoms with Crippen molar-refractivity contribution in [3.05, 3.63) is 69.7 Å². The Balaban J connectivity index is 2.00. The van der Waals surface area contributed by atoms with Crippen molar-refractivity contribution in [3.63, 3.8) is 0 Å². The Morgan fingerprint density at radius 1 is 1.00 bits per heavy atom. The van der Waals surface area contributed by atoms with Gasteiger partial charge in [0.15, 0.2) is 5.78 Å². The van der Waals surface area contributed by atoms with Crippen LogP contribution in [-0.2, 0) is 0 Å². The van der Waals surface area contributed by atoms with Gasteiger partial charge in [-0.2, -0.15) is 0 Å². The highest BCUT2D eigenvalue weighted by atomic mass is 35.5. The van der Waals surface area contributed by atoms with Crippen LogP contribution in [0.2, 0.25) is 5.02 Å². The number of aryl methyl sites for hydroxylation is 2. The van der Waals surface area contributed by atoms with Crippen LogP contribution in [0.1, 0.15) is 31.8 Å². The number of halogens is 1. The smallest absolute Gasteiger partial charge is 0.251 e. The van der Waals surface area contributed by atoms with Crippen LogP contribution in [0.25, 0.3) is 0 Å². The van der Waals surface area contributed by atoms with E-state index in [2.05, 4.69) is 5.32 Å². The van der Waals surface area contributed by atoms with Gasteiger partial charge in [0.2, 0.25) is 0 Å². The van der Waals surface area contributed by atoms with Crippen LogP contribution < -0.4 is 5.32 Å². The average Bonchev–Trinajstić information content (AvgIpc) is 2.47. The lowest BCUT2D eigenvalue weighted by Crippen LogP contribution is -2.29. The summed E-state index contributed by atoms with van der Waals surface area (Å²) in [7, 11) is 0. The van der Waals surface area contributed by atoms with Gasteiger partial charge in [0.05, 0.1) is 6.54 Å². The van der Waals surface area contributed by atoms with Crippen molar-refractivity contribution < 1.29 is 9.59 Å². The molecule has 0 aliphatic rings. The number of hydrogen-bond donors (Lipinski definition) is 1. The molecule has 0 aromatic heterocycles. The third kappa shape index (κ3) is 3.92. The second-order valence-corrected chi connectivity index (χ2v) is 5.35. The number of amides is 1. The lowest BCUT2D eigenvalue weighted by molar-refractivity contribution is 0.0904. The van der Waals surface area contributed by atoms with E-state index in [-0.39, 0.29) is 18.2 Å². The SMILES string of the molecule is Cc1ccc(C(=O)NCC(=O)c2cccc(Cl)c2)cc1C. The van der Waals surface area contributed by atoms with Crippen LogP contribution in [0.4, 0.5) is 0 Å². The van der Waals surface area contributed by atoms with Gasteiger partial charge in [-0.05, 0) is 49.2 Å². The van der Waals surface area contributed by atoms with Crippen molar-refractivity contribution in [2.45, 2.75) is 13.8 Å². The molecule has 2 aromatic rings. The van der Waals surface area contributed by atoms with Crippen molar-refractivity contribution in [1.29, 1.82) is 0 Å². The highest BCUT2D eigenvalue weighted by Crippen LogP contribution is 2.12. The standard InChI is InChI=1S/C17H16ClNO2/c1-11-6-7-14(8-12(11)2)17(21)19-10-16(20)13-4-3-5-15(18)9-13/h3-9H,10H2,1-2H3,(H,19,21). The summed E-state index contributed by atoms with van der Waals surface area (Å²) in [5.41, 5.74) is 3.21. The van der Waals surface area contributed by atoms with Crippen LogP contribution in [0.5, 0.6) is 0 Å². The molecule has 0 bridgehead atoms. The first-order valence-electron chi connectivity index (χ1n) is 6.61. The summed E-state index contributed by atoms with van der Waals surface area (Å²) in [6.45, 7) is 3.88. The molecule has 0 spiro atoms. The molecule has 21 heavy (non-hydrogen) atoms. The molecule has 0 radical (unpaired) electrons. The van der Waals surface area contributed by atoms with Gasteiger partial charge in [-0.25, -0.2) is 0 Å². The van der Waals surface area contributed by atoms with Crippen LogP contribution in [-0.4, -0.2) is 18.2 Å². The van der Waals surface area contributed by atoms with E-state index in [0.29, 0.717) is 16.1 Å². The molecule has 108 valence electrons. The number of rotatable bonds is 4. The zero-order valence-corrected chi connectivity index (χ0v) is 12.7. The van der Waals surface area contributed by atoms with E-state index in [0.717, 1.165) is 11.1 Å². The first-order chi connectivity index (χ1) is 9.97. The van der Waals surface area contributed by atoms with Gasteiger partial charge in [-0.1, -0.05) is 29.8 Å². The van der Waals surface area contributed by atoms with Gasteiger partial charge in [0.1, 0.15) is 0 Å². The number of carbonyl (C=O) groups is 2. The predicted molar refractivity (Wildman–Crippen MR) is 84.0 cm³/mol. The number of Topliss-reactive ketones (excluding diaryl/α,β-unsaturated/α-hetero) is 1. The quantitative estimate of drug-likeness (QED) is 0.878. The third-order valence-electron chi connectivity index (χ3n) is 3.33. The Morgan fingerprint density at radius 2 is 1.76 bits per heavy atom. The molecule has 0 saturated carbocycles. The Hall–Kier alpha value is -2.13. The van der Waals surface area contributed by atoms with E-state index in [1.165, 1.54) is 0 Å². The van der Waals surface area contributed by atoms with Crippen molar-refractivity contribution in [2.24, 2.45) is 0 Å². The molecule has 0 fully saturated rings. The number of ketones is 1. The van der Waals surface area contributed by atoms with E-state index in [1.807, 2.05) is 26.0 Å². The predicted octanol–water partition coefficient (Wildman–Crippen LogP) is 3.57. The van der Waals surface area contributed by atoms with Crippen molar-refractivity contribution >= 4 is 23.3 Å². The summed E-state index contributed by atoms with van der Waals surface area (Å²) in [6, 6.07) is 12.1. The maximum absolute atomic E-state index is 12.0. The maximum Gasteiger partial charge on any atom is 0.251 e. The first kappa shape index (κ1) is 15.3. The Bertz CT molecular complexity index is 695. The molecular formula is C17H16ClNO2. The number of benzene rings is 2. The molecule has 3 nitrogen and oxygen atoms in total. The highest BCUT2D eigenvalue weighted by Gasteiger charge is 2.10. The summed E-state index contributed by atoms with van der Waals surface area (Å²) in [5.74, 6) is -0.428. The van der Waals surface area contributed by atoms with Crippen molar-refractivity contribution in [2.75, 3.05) is 6.54 Å². The van der Waals surface area contributed by atoms with Crippen LogP contribution >= 0.6 is 11.6 Å². The minimum absolute atomic E-state index is 0.0495. The maximum atomic E-state index is 12.0. The zero-order valence-electron chi connectivity index (χ0n) is 11.9. The van der Waals surface area contributed by atoms with Crippen LogP contribution in [0.15, 0.2) is 42.5 Å². The van der Waals surface area contributed by atoms with Crippen molar-refractivity contribution in [3.8, 4) is 0 Å². The molecular weight excluding hydrogens is 286 g/mol. The minimum atomic E-state index is -0.256. The molecule has 0 unspecified atom stereocenters. The minimum Gasteiger partial charge on any atom is -0.345 e. The number of nitrogens with one attached hydrogen (secondary N) is 1. The molecule has 0 aliphatic carbocycles. The Labute approximate surface area is 128 Å². The van der Waals surface area contributed by atoms with E-state index in [4.69, 9.17) is 11.6 Å². The molecule has 0 atom stereocenters. The van der Waals surface area contributed by atoms with Gasteiger partial charge in [-0.15, -0.1) is 0 Å². The normalized spacial score (nSPS) is 10.2. The monoisotopic (exact) mass is 301 g/mol. The van der Waals surface area contributed by atoms with E-state index < -0.39 is 0 Å². The van der Waals surface area contributed by atoms with Crippen molar-refractivity contribution in [1.82, 2.24) is 5.32 Å². The van der Waals surface area contributed by atoms with Gasteiger partial charge in [0.25, 0.3) is 5.91 Å². The molecule has 2 rings (SSSR count). The molecule has 1 N–H and O–H groups in total. The Morgan fingerprint density at radius 3 is 2.43 bits per heavy atom. The summed E-state index contributed by atoms with van der Waals surface area (Å²) >= 11 is 5.84.